The highest BCUT2D eigenvalue weighted by Crippen LogP contribution is 2.21. The van der Waals surface area contributed by atoms with Crippen LogP contribution in [0, 0.1) is 0 Å². The van der Waals surface area contributed by atoms with Gasteiger partial charge in [-0.2, -0.15) is 0 Å². The fourth-order valence-electron chi connectivity index (χ4n) is 3.53. The summed E-state index contributed by atoms with van der Waals surface area (Å²) < 4.78 is 31.9. The van der Waals surface area contributed by atoms with Crippen molar-refractivity contribution in [3.63, 3.8) is 0 Å². The van der Waals surface area contributed by atoms with E-state index < -0.39 is 23.9 Å². The summed E-state index contributed by atoms with van der Waals surface area (Å²) >= 11 is 0. The van der Waals surface area contributed by atoms with Crippen molar-refractivity contribution in [2.75, 3.05) is 26.4 Å². The van der Waals surface area contributed by atoms with E-state index in [0.717, 1.165) is 12.2 Å². The Kier molecular flexibility index (Phi) is 13.7. The van der Waals surface area contributed by atoms with Crippen LogP contribution in [0.15, 0.2) is 98.1 Å². The van der Waals surface area contributed by atoms with Gasteiger partial charge in [0, 0.05) is 12.2 Å². The molecule has 0 aliphatic rings. The van der Waals surface area contributed by atoms with Crippen LogP contribution in [0.5, 0.6) is 23.0 Å². The molecule has 0 aliphatic heterocycles. The molecule has 10 heteroatoms. The van der Waals surface area contributed by atoms with Crippen molar-refractivity contribution in [3.05, 3.63) is 109 Å². The fraction of sp³-hybridized carbons (Fsp3) is 0.235. The summed E-state index contributed by atoms with van der Waals surface area (Å²) in [6.45, 7) is 8.16. The number of hydrogen-bond donors (Lipinski definition) is 0. The first-order valence-corrected chi connectivity index (χ1v) is 14.0. The molecule has 10 nitrogen and oxygen atoms in total. The number of rotatable bonds is 18. The van der Waals surface area contributed by atoms with E-state index in [4.69, 9.17) is 28.4 Å². The Bertz CT molecular complexity index is 1390. The van der Waals surface area contributed by atoms with E-state index in [1.807, 2.05) is 0 Å². The molecule has 0 aliphatic carbocycles. The van der Waals surface area contributed by atoms with Crippen LogP contribution in [0.2, 0.25) is 0 Å². The maximum absolute atomic E-state index is 12.6. The second kappa shape index (κ2) is 18.2. The van der Waals surface area contributed by atoms with E-state index in [9.17, 15) is 19.2 Å². The van der Waals surface area contributed by atoms with Gasteiger partial charge in [-0.1, -0.05) is 13.2 Å². The number of ether oxygens (including phenoxy) is 6. The van der Waals surface area contributed by atoms with Crippen molar-refractivity contribution in [2.45, 2.75) is 25.7 Å². The van der Waals surface area contributed by atoms with Crippen molar-refractivity contribution < 1.29 is 47.6 Å². The smallest absolute Gasteiger partial charge is 0.343 e. The topological polar surface area (TPSA) is 124 Å². The van der Waals surface area contributed by atoms with E-state index in [2.05, 4.69) is 13.2 Å². The average Bonchev–Trinajstić information content (AvgIpc) is 3.05. The minimum atomic E-state index is -0.570. The molecule has 0 saturated carbocycles. The molecule has 0 bridgehead atoms. The fourth-order valence-corrected chi connectivity index (χ4v) is 3.53. The van der Waals surface area contributed by atoms with Crippen molar-refractivity contribution in [3.8, 4) is 23.0 Å². The largest absolute Gasteiger partial charge is 0.494 e. The lowest BCUT2D eigenvalue weighted by atomic mass is 10.2. The zero-order valence-corrected chi connectivity index (χ0v) is 24.2. The van der Waals surface area contributed by atoms with Crippen molar-refractivity contribution in [2.24, 2.45) is 0 Å². The van der Waals surface area contributed by atoms with Gasteiger partial charge in [0.1, 0.15) is 23.0 Å². The Morgan fingerprint density at radius 3 is 1.18 bits per heavy atom. The summed E-state index contributed by atoms with van der Waals surface area (Å²) in [7, 11) is 0. The zero-order valence-electron chi connectivity index (χ0n) is 24.2. The molecule has 3 aromatic carbocycles. The normalized spacial score (nSPS) is 10.2. The van der Waals surface area contributed by atoms with Crippen LogP contribution in [0.3, 0.4) is 0 Å². The van der Waals surface area contributed by atoms with Gasteiger partial charge in [0.15, 0.2) is 0 Å². The molecule has 0 unspecified atom stereocenters. The number of hydrogen-bond acceptors (Lipinski definition) is 10. The highest BCUT2D eigenvalue weighted by molar-refractivity contribution is 5.92. The molecule has 230 valence electrons. The molecule has 0 atom stereocenters. The minimum absolute atomic E-state index is 0.268. The lowest BCUT2D eigenvalue weighted by Crippen LogP contribution is -2.10. The first-order valence-electron chi connectivity index (χ1n) is 14.0. The molecule has 0 N–H and O–H groups in total. The predicted octanol–water partition coefficient (Wildman–Crippen LogP) is 5.90. The Morgan fingerprint density at radius 2 is 0.795 bits per heavy atom. The third-order valence-electron chi connectivity index (χ3n) is 5.86. The lowest BCUT2D eigenvalue weighted by Gasteiger charge is -2.09. The quantitative estimate of drug-likeness (QED) is 0.0752. The molecule has 44 heavy (non-hydrogen) atoms. The first kappa shape index (κ1) is 33.1. The van der Waals surface area contributed by atoms with Gasteiger partial charge in [0.25, 0.3) is 0 Å². The molecule has 0 heterocycles. The SMILES string of the molecule is C=CC(=O)OCCCCOc1ccc(OC(=O)c2ccc(OC(=O)c3ccc(OCCCCOC(=O)C=C)cc3)cc2)cc1. The monoisotopic (exact) mass is 602 g/mol. The molecule has 0 amide bonds. The highest BCUT2D eigenvalue weighted by atomic mass is 16.5. The van der Waals surface area contributed by atoms with E-state index in [0.29, 0.717) is 74.9 Å². The molecule has 0 radical (unpaired) electrons. The van der Waals surface area contributed by atoms with E-state index in [-0.39, 0.29) is 11.3 Å². The Labute approximate surface area is 255 Å². The molecule has 3 rings (SSSR count). The second-order valence-corrected chi connectivity index (χ2v) is 9.15. The van der Waals surface area contributed by atoms with Crippen molar-refractivity contribution >= 4 is 23.9 Å². The van der Waals surface area contributed by atoms with Crippen LogP contribution in [-0.4, -0.2) is 50.3 Å². The second-order valence-electron chi connectivity index (χ2n) is 9.15. The number of esters is 4. The van der Waals surface area contributed by atoms with E-state index in [1.54, 1.807) is 48.5 Å². The third kappa shape index (κ3) is 11.8. The molecular weight excluding hydrogens is 568 g/mol. The summed E-state index contributed by atoms with van der Waals surface area (Å²) in [5, 5.41) is 0. The summed E-state index contributed by atoms with van der Waals surface area (Å²) in [6, 6.07) is 19.2. The van der Waals surface area contributed by atoms with E-state index >= 15 is 0 Å². The molecule has 0 fully saturated rings. The maximum atomic E-state index is 12.6. The van der Waals surface area contributed by atoms with Gasteiger partial charge in [-0.3, -0.25) is 0 Å². The maximum Gasteiger partial charge on any atom is 0.343 e. The highest BCUT2D eigenvalue weighted by Gasteiger charge is 2.12. The number of unbranched alkanes of at least 4 members (excludes halogenated alkanes) is 2. The molecule has 0 saturated heterocycles. The van der Waals surface area contributed by atoms with Crippen LogP contribution >= 0.6 is 0 Å². The lowest BCUT2D eigenvalue weighted by molar-refractivity contribution is -0.138. The van der Waals surface area contributed by atoms with Gasteiger partial charge in [-0.05, 0) is 98.5 Å². The van der Waals surface area contributed by atoms with Crippen LogP contribution in [0.4, 0.5) is 0 Å². The molecule has 0 spiro atoms. The Morgan fingerprint density at radius 1 is 0.477 bits per heavy atom. The number of carbonyl (C=O) groups excluding carboxylic acids is 4. The third-order valence-corrected chi connectivity index (χ3v) is 5.86. The van der Waals surface area contributed by atoms with Gasteiger partial charge in [0.05, 0.1) is 37.6 Å². The van der Waals surface area contributed by atoms with Gasteiger partial charge >= 0.3 is 23.9 Å². The average molecular weight is 603 g/mol. The number of carbonyl (C=O) groups is 4. The summed E-state index contributed by atoms with van der Waals surface area (Å²) in [4.78, 5) is 47.1. The van der Waals surface area contributed by atoms with Crippen LogP contribution in [0.1, 0.15) is 46.4 Å². The Hall–Kier alpha value is -5.38. The standard InChI is InChI=1S/C34H34O10/c1-3-31(35)41-23-7-5-21-39-27-13-9-25(10-14-27)33(37)43-29-15-11-26(12-16-29)34(38)44-30-19-17-28(18-20-30)40-22-6-8-24-42-32(36)4-2/h3-4,9-20H,1-2,5-8,21-24H2. The summed E-state index contributed by atoms with van der Waals surface area (Å²) in [6.07, 6.45) is 4.96. The zero-order chi connectivity index (χ0) is 31.6. The van der Waals surface area contributed by atoms with E-state index in [1.165, 1.54) is 24.3 Å². The van der Waals surface area contributed by atoms with Gasteiger partial charge in [-0.15, -0.1) is 0 Å². The molecule has 0 aromatic heterocycles. The molecular formula is C34H34O10. The summed E-state index contributed by atoms with van der Waals surface area (Å²) in [5.41, 5.74) is 0.612. The minimum Gasteiger partial charge on any atom is -0.494 e. The van der Waals surface area contributed by atoms with Crippen LogP contribution < -0.4 is 18.9 Å². The van der Waals surface area contributed by atoms with Crippen LogP contribution in [-0.2, 0) is 19.1 Å². The first-order chi connectivity index (χ1) is 21.4. The van der Waals surface area contributed by atoms with Crippen LogP contribution in [0.25, 0.3) is 0 Å². The summed E-state index contributed by atoms with van der Waals surface area (Å²) in [5.74, 6) is -0.213. The van der Waals surface area contributed by atoms with Gasteiger partial charge < -0.3 is 28.4 Å². The predicted molar refractivity (Wildman–Crippen MR) is 161 cm³/mol. The van der Waals surface area contributed by atoms with Crippen molar-refractivity contribution in [1.82, 2.24) is 0 Å². The van der Waals surface area contributed by atoms with Crippen molar-refractivity contribution in [1.29, 1.82) is 0 Å². The van der Waals surface area contributed by atoms with Gasteiger partial charge in [0.2, 0.25) is 0 Å². The number of benzene rings is 3. The Balaban J connectivity index is 1.37. The molecule has 3 aromatic rings. The van der Waals surface area contributed by atoms with Gasteiger partial charge in [-0.25, -0.2) is 19.2 Å².